The van der Waals surface area contributed by atoms with Gasteiger partial charge in [-0.05, 0) is 52.2 Å². The van der Waals surface area contributed by atoms with Crippen molar-refractivity contribution in [3.05, 3.63) is 68.4 Å². The van der Waals surface area contributed by atoms with E-state index < -0.39 is 0 Å². The second-order valence-electron chi connectivity index (χ2n) is 8.22. The first-order valence-electron chi connectivity index (χ1n) is 10.9. The number of thiophene rings is 1. The van der Waals surface area contributed by atoms with Crippen LogP contribution in [0.5, 0.6) is 0 Å². The van der Waals surface area contributed by atoms with Gasteiger partial charge in [-0.25, -0.2) is 4.98 Å². The number of carbonyl (C=O) groups excluding carboxylic acids is 1. The number of fused-ring (bicyclic) bond motifs is 1. The number of anilines is 1. The Morgan fingerprint density at radius 3 is 2.97 bits per heavy atom. The maximum Gasteiger partial charge on any atom is 0.227 e. The highest BCUT2D eigenvalue weighted by molar-refractivity contribution is 9.10. The molecule has 1 aliphatic rings. The van der Waals surface area contributed by atoms with Gasteiger partial charge in [-0.2, -0.15) is 9.61 Å². The Labute approximate surface area is 209 Å². The smallest absolute Gasteiger partial charge is 0.227 e. The number of amides is 1. The van der Waals surface area contributed by atoms with Gasteiger partial charge in [0.25, 0.3) is 0 Å². The fraction of sp³-hybridized carbons (Fsp3) is 0.292. The summed E-state index contributed by atoms with van der Waals surface area (Å²) < 4.78 is 2.62. The molecule has 1 aliphatic heterocycles. The fourth-order valence-electron chi connectivity index (χ4n) is 4.25. The van der Waals surface area contributed by atoms with Gasteiger partial charge in [0, 0.05) is 41.2 Å². The lowest BCUT2D eigenvalue weighted by atomic mass is 9.97. The molecular formula is C24H23BrClN5OS. The molecule has 1 unspecified atom stereocenters. The SMILES string of the molecule is O=C(Cc1cccs1)N1CCCC(CNc2cc(-c3ccccc3Cl)nc3c(Br)cnn23)C1. The lowest BCUT2D eigenvalue weighted by Crippen LogP contribution is -2.42. The molecule has 0 spiro atoms. The quantitative estimate of drug-likeness (QED) is 0.335. The number of hydrogen-bond acceptors (Lipinski definition) is 5. The van der Waals surface area contributed by atoms with E-state index in [1.807, 2.05) is 52.7 Å². The molecule has 1 N–H and O–H groups in total. The van der Waals surface area contributed by atoms with E-state index >= 15 is 0 Å². The molecule has 1 fully saturated rings. The number of nitrogens with zero attached hydrogens (tertiary/aromatic N) is 4. The third-order valence-electron chi connectivity index (χ3n) is 5.93. The molecule has 33 heavy (non-hydrogen) atoms. The van der Waals surface area contributed by atoms with Gasteiger partial charge in [-0.1, -0.05) is 35.9 Å². The molecule has 1 aromatic carbocycles. The molecule has 0 saturated carbocycles. The van der Waals surface area contributed by atoms with Crippen molar-refractivity contribution < 1.29 is 4.79 Å². The van der Waals surface area contributed by atoms with E-state index in [1.165, 1.54) is 0 Å². The number of likely N-dealkylation sites (tertiary alicyclic amines) is 1. The van der Waals surface area contributed by atoms with E-state index in [9.17, 15) is 4.79 Å². The van der Waals surface area contributed by atoms with Crippen molar-refractivity contribution in [2.45, 2.75) is 19.3 Å². The minimum atomic E-state index is 0.213. The number of rotatable bonds is 6. The molecule has 9 heteroatoms. The number of hydrogen-bond donors (Lipinski definition) is 1. The minimum absolute atomic E-state index is 0.213. The van der Waals surface area contributed by atoms with Crippen LogP contribution in [-0.2, 0) is 11.2 Å². The predicted molar refractivity (Wildman–Crippen MR) is 137 cm³/mol. The largest absolute Gasteiger partial charge is 0.370 e. The summed E-state index contributed by atoms with van der Waals surface area (Å²) >= 11 is 11.6. The molecule has 4 aromatic rings. The third-order valence-corrected chi connectivity index (χ3v) is 7.69. The number of benzene rings is 1. The molecule has 3 aromatic heterocycles. The van der Waals surface area contributed by atoms with E-state index in [0.29, 0.717) is 17.4 Å². The molecule has 1 saturated heterocycles. The standard InChI is InChI=1S/C24H23BrClN5OS/c25-19-14-28-31-22(12-21(29-24(19)31)18-7-1-2-8-20(18)26)27-13-16-5-3-9-30(15-16)23(32)11-17-6-4-10-33-17/h1-2,4,6-8,10,12,14,16,27H,3,5,9,11,13,15H2. The summed E-state index contributed by atoms with van der Waals surface area (Å²) in [4.78, 5) is 20.7. The number of piperidine rings is 1. The van der Waals surface area contributed by atoms with Crippen LogP contribution in [0.1, 0.15) is 17.7 Å². The normalized spacial score (nSPS) is 16.3. The number of carbonyl (C=O) groups is 1. The summed E-state index contributed by atoms with van der Waals surface area (Å²) in [6, 6.07) is 13.7. The summed E-state index contributed by atoms with van der Waals surface area (Å²) in [5, 5.41) is 10.7. The lowest BCUT2D eigenvalue weighted by molar-refractivity contribution is -0.132. The Morgan fingerprint density at radius 1 is 1.27 bits per heavy atom. The van der Waals surface area contributed by atoms with Crippen molar-refractivity contribution in [3.63, 3.8) is 0 Å². The number of halogens is 2. The molecule has 170 valence electrons. The third kappa shape index (κ3) is 4.93. The van der Waals surface area contributed by atoms with E-state index in [1.54, 1.807) is 22.0 Å². The van der Waals surface area contributed by atoms with Crippen LogP contribution in [0.25, 0.3) is 16.9 Å². The maximum absolute atomic E-state index is 12.8. The monoisotopic (exact) mass is 543 g/mol. The lowest BCUT2D eigenvalue weighted by Gasteiger charge is -2.33. The Hall–Kier alpha value is -2.42. The summed E-state index contributed by atoms with van der Waals surface area (Å²) in [6.07, 6.45) is 4.34. The van der Waals surface area contributed by atoms with Crippen molar-refractivity contribution in [2.75, 3.05) is 25.0 Å². The Bertz CT molecular complexity index is 1280. The van der Waals surface area contributed by atoms with E-state index in [2.05, 4.69) is 26.3 Å². The van der Waals surface area contributed by atoms with Crippen LogP contribution < -0.4 is 5.32 Å². The Morgan fingerprint density at radius 2 is 2.15 bits per heavy atom. The van der Waals surface area contributed by atoms with Crippen LogP contribution in [0, 0.1) is 5.92 Å². The van der Waals surface area contributed by atoms with Gasteiger partial charge in [0.15, 0.2) is 5.65 Å². The first-order chi connectivity index (χ1) is 16.1. The van der Waals surface area contributed by atoms with Crippen LogP contribution in [-0.4, -0.2) is 45.0 Å². The first-order valence-corrected chi connectivity index (χ1v) is 13.0. The van der Waals surface area contributed by atoms with Crippen molar-refractivity contribution in [2.24, 2.45) is 5.92 Å². The predicted octanol–water partition coefficient (Wildman–Crippen LogP) is 5.77. The van der Waals surface area contributed by atoms with Gasteiger partial charge in [0.1, 0.15) is 5.82 Å². The van der Waals surface area contributed by atoms with Gasteiger partial charge >= 0.3 is 0 Å². The summed E-state index contributed by atoms with van der Waals surface area (Å²) in [5.74, 6) is 1.44. The van der Waals surface area contributed by atoms with Gasteiger partial charge in [-0.15, -0.1) is 11.3 Å². The molecule has 6 nitrogen and oxygen atoms in total. The molecule has 0 bridgehead atoms. The molecular weight excluding hydrogens is 522 g/mol. The Balaban J connectivity index is 1.33. The minimum Gasteiger partial charge on any atom is -0.370 e. The number of nitrogens with one attached hydrogen (secondary N) is 1. The zero-order valence-electron chi connectivity index (χ0n) is 17.9. The Kier molecular flexibility index (Phi) is 6.66. The highest BCUT2D eigenvalue weighted by atomic mass is 79.9. The highest BCUT2D eigenvalue weighted by Gasteiger charge is 2.24. The summed E-state index contributed by atoms with van der Waals surface area (Å²) in [6.45, 7) is 2.36. The number of aromatic nitrogens is 3. The zero-order valence-corrected chi connectivity index (χ0v) is 21.0. The van der Waals surface area contributed by atoms with Crippen molar-refractivity contribution in [1.82, 2.24) is 19.5 Å². The van der Waals surface area contributed by atoms with Crippen LogP contribution >= 0.6 is 38.9 Å². The van der Waals surface area contributed by atoms with Crippen LogP contribution in [0.15, 0.2) is 58.5 Å². The van der Waals surface area contributed by atoms with Gasteiger partial charge in [-0.3, -0.25) is 4.79 Å². The van der Waals surface area contributed by atoms with Crippen LogP contribution in [0.3, 0.4) is 0 Å². The van der Waals surface area contributed by atoms with Gasteiger partial charge in [0.05, 0.1) is 22.8 Å². The highest BCUT2D eigenvalue weighted by Crippen LogP contribution is 2.30. The fourth-order valence-corrected chi connectivity index (χ4v) is 5.53. The second kappa shape index (κ2) is 9.83. The topological polar surface area (TPSA) is 62.5 Å². The molecule has 1 atom stereocenters. The second-order valence-corrected chi connectivity index (χ2v) is 10.5. The van der Waals surface area contributed by atoms with Gasteiger partial charge in [0.2, 0.25) is 5.91 Å². The molecule has 0 aliphatic carbocycles. The van der Waals surface area contributed by atoms with Crippen LogP contribution in [0.2, 0.25) is 5.02 Å². The van der Waals surface area contributed by atoms with Crippen molar-refractivity contribution in [3.8, 4) is 11.3 Å². The molecule has 4 heterocycles. The zero-order chi connectivity index (χ0) is 22.8. The first kappa shape index (κ1) is 22.4. The van der Waals surface area contributed by atoms with Crippen LogP contribution in [0.4, 0.5) is 5.82 Å². The van der Waals surface area contributed by atoms with E-state index in [-0.39, 0.29) is 5.91 Å². The van der Waals surface area contributed by atoms with E-state index in [4.69, 9.17) is 16.6 Å². The summed E-state index contributed by atoms with van der Waals surface area (Å²) in [5.41, 5.74) is 2.39. The van der Waals surface area contributed by atoms with Crippen molar-refractivity contribution >= 4 is 56.2 Å². The maximum atomic E-state index is 12.8. The summed E-state index contributed by atoms with van der Waals surface area (Å²) in [7, 11) is 0. The molecule has 0 radical (unpaired) electrons. The molecule has 1 amide bonds. The van der Waals surface area contributed by atoms with Gasteiger partial charge < -0.3 is 10.2 Å². The van der Waals surface area contributed by atoms with E-state index in [0.717, 1.165) is 64.5 Å². The molecule has 5 rings (SSSR count). The van der Waals surface area contributed by atoms with Crippen molar-refractivity contribution in [1.29, 1.82) is 0 Å². The average molecular weight is 545 g/mol. The average Bonchev–Trinajstić information content (AvgIpc) is 3.48.